The van der Waals surface area contributed by atoms with Gasteiger partial charge >= 0.3 is 0 Å². The Bertz CT molecular complexity index is 1020. The maximum absolute atomic E-state index is 13.1. The Morgan fingerprint density at radius 2 is 1.84 bits per heavy atom. The molecule has 2 aromatic rings. The molecular formula is C25H32NO6+. The highest BCUT2D eigenvalue weighted by Gasteiger charge is 2.42. The number of quaternary nitrogens is 1. The first-order valence-corrected chi connectivity index (χ1v) is 10.9. The molecule has 0 fully saturated rings. The molecule has 0 N–H and O–H groups in total. The van der Waals surface area contributed by atoms with Crippen molar-refractivity contribution in [1.82, 2.24) is 0 Å². The average molecular weight is 443 g/mol. The minimum Gasteiger partial charge on any atom is -0.493 e. The first kappa shape index (κ1) is 22.3. The molecule has 0 spiro atoms. The van der Waals surface area contributed by atoms with Gasteiger partial charge < -0.3 is 28.2 Å². The normalized spacial score (nSPS) is 18.1. The largest absolute Gasteiger partial charge is 0.493 e. The molecule has 0 aliphatic carbocycles. The summed E-state index contributed by atoms with van der Waals surface area (Å²) in [5.74, 6) is 3.67. The number of carbonyl (C=O) groups is 1. The minimum atomic E-state index is 0.00102. The predicted octanol–water partition coefficient (Wildman–Crippen LogP) is 3.71. The molecule has 0 bridgehead atoms. The molecule has 1 atom stereocenters. The van der Waals surface area contributed by atoms with Gasteiger partial charge in [-0.25, -0.2) is 0 Å². The van der Waals surface area contributed by atoms with Gasteiger partial charge in [0.2, 0.25) is 12.5 Å². The highest BCUT2D eigenvalue weighted by atomic mass is 16.7. The number of ether oxygens (including phenoxy) is 5. The van der Waals surface area contributed by atoms with Crippen molar-refractivity contribution in [1.29, 1.82) is 0 Å². The summed E-state index contributed by atoms with van der Waals surface area (Å²) in [5, 5.41) is 0. The van der Waals surface area contributed by atoms with Gasteiger partial charge in [0, 0.05) is 12.8 Å². The molecule has 0 amide bonds. The van der Waals surface area contributed by atoms with Crippen LogP contribution >= 0.6 is 0 Å². The standard InChI is InChI=1S/C25H32NO6/c1-26(2)11-10-17-13-22-24(32-15-31-22)25(30-5)23(17)19(26)14-18(27)8-6-16-7-9-20(28-3)21(12-16)29-4/h7,9,12-13,19H,6,8,10-11,14-15H2,1-5H3/q+1. The molecule has 0 aromatic heterocycles. The summed E-state index contributed by atoms with van der Waals surface area (Å²) in [6, 6.07) is 7.85. The second-order valence-corrected chi connectivity index (χ2v) is 8.92. The Kier molecular flexibility index (Phi) is 6.20. The second-order valence-electron chi connectivity index (χ2n) is 8.92. The van der Waals surface area contributed by atoms with Crippen molar-refractivity contribution in [3.05, 3.63) is 41.0 Å². The summed E-state index contributed by atoms with van der Waals surface area (Å²) in [7, 11) is 9.25. The van der Waals surface area contributed by atoms with Crippen LogP contribution in [0.4, 0.5) is 0 Å². The Morgan fingerprint density at radius 1 is 1.06 bits per heavy atom. The number of carbonyl (C=O) groups excluding carboxylic acids is 1. The quantitative estimate of drug-likeness (QED) is 0.581. The van der Waals surface area contributed by atoms with Crippen molar-refractivity contribution >= 4 is 5.78 Å². The van der Waals surface area contributed by atoms with Crippen LogP contribution in [0.15, 0.2) is 24.3 Å². The minimum absolute atomic E-state index is 0.00102. The molecule has 0 saturated heterocycles. The van der Waals surface area contributed by atoms with Gasteiger partial charge in [-0.1, -0.05) is 6.07 Å². The van der Waals surface area contributed by atoms with Crippen molar-refractivity contribution in [2.75, 3.05) is 48.8 Å². The Hall–Kier alpha value is -2.93. The number of ketones is 1. The molecular weight excluding hydrogens is 410 g/mol. The van der Waals surface area contributed by atoms with E-state index in [4.69, 9.17) is 23.7 Å². The molecule has 7 nitrogen and oxygen atoms in total. The van der Waals surface area contributed by atoms with Crippen LogP contribution in [0.5, 0.6) is 28.7 Å². The van der Waals surface area contributed by atoms with Crippen molar-refractivity contribution in [3.8, 4) is 28.7 Å². The smallest absolute Gasteiger partial charge is 0.231 e. The zero-order chi connectivity index (χ0) is 22.9. The zero-order valence-corrected chi connectivity index (χ0v) is 19.5. The summed E-state index contributed by atoms with van der Waals surface area (Å²) < 4.78 is 28.5. The van der Waals surface area contributed by atoms with Gasteiger partial charge in [-0.2, -0.15) is 0 Å². The van der Waals surface area contributed by atoms with Crippen LogP contribution in [0.3, 0.4) is 0 Å². The molecule has 2 aromatic carbocycles. The van der Waals surface area contributed by atoms with Gasteiger partial charge in [-0.15, -0.1) is 0 Å². The number of nitrogens with zero attached hydrogens (tertiary/aromatic N) is 1. The van der Waals surface area contributed by atoms with E-state index in [9.17, 15) is 4.79 Å². The summed E-state index contributed by atoms with van der Waals surface area (Å²) in [4.78, 5) is 13.1. The lowest BCUT2D eigenvalue weighted by Gasteiger charge is -2.43. The second kappa shape index (κ2) is 8.90. The highest BCUT2D eigenvalue weighted by molar-refractivity contribution is 5.80. The van der Waals surface area contributed by atoms with Crippen molar-refractivity contribution in [2.45, 2.75) is 31.7 Å². The molecule has 32 heavy (non-hydrogen) atoms. The van der Waals surface area contributed by atoms with Crippen LogP contribution in [0.2, 0.25) is 0 Å². The van der Waals surface area contributed by atoms with Crippen LogP contribution in [0.1, 0.15) is 35.6 Å². The van der Waals surface area contributed by atoms with Crippen LogP contribution in [-0.2, 0) is 17.6 Å². The lowest BCUT2D eigenvalue weighted by Crippen LogP contribution is -2.48. The fourth-order valence-electron chi connectivity index (χ4n) is 4.75. The van der Waals surface area contributed by atoms with E-state index in [1.54, 1.807) is 21.3 Å². The van der Waals surface area contributed by atoms with Crippen LogP contribution in [0, 0.1) is 0 Å². The molecule has 2 aliphatic rings. The number of rotatable bonds is 8. The van der Waals surface area contributed by atoms with Gasteiger partial charge in [0.25, 0.3) is 0 Å². The molecule has 4 rings (SSSR count). The van der Waals surface area contributed by atoms with Crippen molar-refractivity contribution in [3.63, 3.8) is 0 Å². The third-order valence-electron chi connectivity index (χ3n) is 6.64. The number of Topliss-reactive ketones (excluding diaryl/α,β-unsaturated/α-hetero) is 1. The van der Waals surface area contributed by atoms with Gasteiger partial charge in [-0.3, -0.25) is 4.79 Å². The number of fused-ring (bicyclic) bond motifs is 2. The number of methoxy groups -OCH3 is 3. The fraction of sp³-hybridized carbons (Fsp3) is 0.480. The third kappa shape index (κ3) is 4.09. The maximum atomic E-state index is 13.1. The van der Waals surface area contributed by atoms with E-state index in [1.165, 1.54) is 5.56 Å². The number of benzene rings is 2. The van der Waals surface area contributed by atoms with E-state index in [2.05, 4.69) is 20.2 Å². The summed E-state index contributed by atoms with van der Waals surface area (Å²) in [6.45, 7) is 1.14. The van der Waals surface area contributed by atoms with Gasteiger partial charge in [0.15, 0.2) is 23.0 Å². The van der Waals surface area contributed by atoms with E-state index in [0.29, 0.717) is 42.3 Å². The zero-order valence-electron chi connectivity index (χ0n) is 19.5. The average Bonchev–Trinajstić information content (AvgIpc) is 3.26. The molecule has 2 aliphatic heterocycles. The summed E-state index contributed by atoms with van der Waals surface area (Å²) in [6.07, 6.45) is 2.48. The van der Waals surface area contributed by atoms with Crippen molar-refractivity contribution in [2.24, 2.45) is 0 Å². The van der Waals surface area contributed by atoms with E-state index >= 15 is 0 Å². The monoisotopic (exact) mass is 442 g/mol. The van der Waals surface area contributed by atoms with E-state index in [1.807, 2.05) is 18.2 Å². The summed E-state index contributed by atoms with van der Waals surface area (Å²) in [5.41, 5.74) is 3.31. The number of hydrogen-bond acceptors (Lipinski definition) is 6. The topological polar surface area (TPSA) is 63.2 Å². The summed E-state index contributed by atoms with van der Waals surface area (Å²) >= 11 is 0. The van der Waals surface area contributed by atoms with E-state index < -0.39 is 0 Å². The predicted molar refractivity (Wildman–Crippen MR) is 120 cm³/mol. The number of likely N-dealkylation sites (N-methyl/N-ethyl adjacent to an activating group) is 1. The highest BCUT2D eigenvalue weighted by Crippen LogP contribution is 2.51. The van der Waals surface area contributed by atoms with Gasteiger partial charge in [0.05, 0.1) is 54.0 Å². The first-order chi connectivity index (χ1) is 15.4. The molecule has 7 heteroatoms. The molecule has 1 unspecified atom stereocenters. The molecule has 2 heterocycles. The van der Waals surface area contributed by atoms with E-state index in [-0.39, 0.29) is 18.6 Å². The molecule has 0 saturated carbocycles. The first-order valence-electron chi connectivity index (χ1n) is 10.9. The van der Waals surface area contributed by atoms with Crippen LogP contribution < -0.4 is 23.7 Å². The number of hydrogen-bond donors (Lipinski definition) is 0. The Labute approximate surface area is 189 Å². The maximum Gasteiger partial charge on any atom is 0.231 e. The fourth-order valence-corrected chi connectivity index (χ4v) is 4.75. The van der Waals surface area contributed by atoms with Gasteiger partial charge in [-0.05, 0) is 35.7 Å². The third-order valence-corrected chi connectivity index (χ3v) is 6.64. The molecule has 0 radical (unpaired) electrons. The SMILES string of the molecule is COc1ccc(CCC(=O)CC2c3c(cc4c(c3OC)OCO4)CC[N+]2(C)C)cc1OC. The van der Waals surface area contributed by atoms with E-state index in [0.717, 1.165) is 34.3 Å². The van der Waals surface area contributed by atoms with Crippen LogP contribution in [-0.4, -0.2) is 59.0 Å². The lowest BCUT2D eigenvalue weighted by atomic mass is 9.86. The van der Waals surface area contributed by atoms with Crippen molar-refractivity contribution < 1.29 is 33.0 Å². The van der Waals surface area contributed by atoms with Gasteiger partial charge in [0.1, 0.15) is 11.8 Å². The molecule has 172 valence electrons. The van der Waals surface area contributed by atoms with Crippen LogP contribution in [0.25, 0.3) is 0 Å². The Morgan fingerprint density at radius 3 is 2.56 bits per heavy atom. The lowest BCUT2D eigenvalue weighted by molar-refractivity contribution is -0.922. The Balaban J connectivity index is 1.54. The number of aryl methyl sites for hydroxylation is 1.